The molecule has 0 unspecified atom stereocenters. The first-order valence-corrected chi connectivity index (χ1v) is 5.87. The zero-order valence-electron chi connectivity index (χ0n) is 7.71. The van der Waals surface area contributed by atoms with Gasteiger partial charge in [-0.05, 0) is 17.7 Å². The lowest BCUT2D eigenvalue weighted by atomic mass is 10.1. The summed E-state index contributed by atoms with van der Waals surface area (Å²) in [7, 11) is 0. The molecule has 0 amide bonds. The maximum Gasteiger partial charge on any atom is 0.180 e. The van der Waals surface area contributed by atoms with E-state index in [1.807, 2.05) is 18.2 Å². The zero-order chi connectivity index (χ0) is 10.8. The SMILES string of the molecule is Nc1ncc(Cc2c(Cl)cccc2Cl)s1. The maximum absolute atomic E-state index is 6.05. The van der Waals surface area contributed by atoms with E-state index in [9.17, 15) is 0 Å². The van der Waals surface area contributed by atoms with Crippen molar-refractivity contribution in [3.63, 3.8) is 0 Å². The van der Waals surface area contributed by atoms with Crippen LogP contribution < -0.4 is 5.73 Å². The number of nitrogens with zero attached hydrogens (tertiary/aromatic N) is 1. The Morgan fingerprint density at radius 2 is 1.93 bits per heavy atom. The van der Waals surface area contributed by atoms with Crippen molar-refractivity contribution in [2.45, 2.75) is 6.42 Å². The van der Waals surface area contributed by atoms with Gasteiger partial charge in [0.25, 0.3) is 0 Å². The van der Waals surface area contributed by atoms with Crippen molar-refractivity contribution < 1.29 is 0 Å². The molecule has 0 atom stereocenters. The van der Waals surface area contributed by atoms with Gasteiger partial charge in [0.2, 0.25) is 0 Å². The molecule has 0 saturated heterocycles. The van der Waals surface area contributed by atoms with Crippen molar-refractivity contribution in [1.82, 2.24) is 4.98 Å². The molecule has 0 bridgehead atoms. The molecule has 2 N–H and O–H groups in total. The normalized spacial score (nSPS) is 10.5. The summed E-state index contributed by atoms with van der Waals surface area (Å²) >= 11 is 13.6. The van der Waals surface area contributed by atoms with Gasteiger partial charge in [0.1, 0.15) is 0 Å². The van der Waals surface area contributed by atoms with E-state index < -0.39 is 0 Å². The molecule has 0 aliphatic heterocycles. The first-order chi connectivity index (χ1) is 7.16. The molecule has 15 heavy (non-hydrogen) atoms. The van der Waals surface area contributed by atoms with E-state index in [1.165, 1.54) is 11.3 Å². The number of aromatic nitrogens is 1. The summed E-state index contributed by atoms with van der Waals surface area (Å²) in [6.45, 7) is 0. The number of anilines is 1. The van der Waals surface area contributed by atoms with Gasteiger partial charge in [-0.3, -0.25) is 0 Å². The van der Waals surface area contributed by atoms with E-state index in [1.54, 1.807) is 6.20 Å². The van der Waals surface area contributed by atoms with Gasteiger partial charge in [-0.1, -0.05) is 29.3 Å². The van der Waals surface area contributed by atoms with Crippen molar-refractivity contribution in [1.29, 1.82) is 0 Å². The smallest absolute Gasteiger partial charge is 0.180 e. The van der Waals surface area contributed by atoms with E-state index in [0.717, 1.165) is 10.4 Å². The molecular formula is C10H8Cl2N2S. The lowest BCUT2D eigenvalue weighted by molar-refractivity contribution is 1.22. The number of nitrogen functional groups attached to an aromatic ring is 1. The van der Waals surface area contributed by atoms with Crippen molar-refractivity contribution in [3.05, 3.63) is 44.9 Å². The summed E-state index contributed by atoms with van der Waals surface area (Å²) < 4.78 is 0. The highest BCUT2D eigenvalue weighted by atomic mass is 35.5. The van der Waals surface area contributed by atoms with Crippen LogP contribution in [0.25, 0.3) is 0 Å². The average molecular weight is 259 g/mol. The molecule has 2 nitrogen and oxygen atoms in total. The number of hydrogen-bond acceptors (Lipinski definition) is 3. The molecule has 1 aromatic carbocycles. The predicted octanol–water partition coefficient (Wildman–Crippen LogP) is 3.62. The lowest BCUT2D eigenvalue weighted by Crippen LogP contribution is -1.87. The van der Waals surface area contributed by atoms with E-state index in [2.05, 4.69) is 4.98 Å². The minimum atomic E-state index is 0.563. The highest BCUT2D eigenvalue weighted by Crippen LogP contribution is 2.28. The number of rotatable bonds is 2. The van der Waals surface area contributed by atoms with Gasteiger partial charge in [-0.2, -0.15) is 0 Å². The van der Waals surface area contributed by atoms with E-state index in [0.29, 0.717) is 21.6 Å². The van der Waals surface area contributed by atoms with Gasteiger partial charge in [-0.25, -0.2) is 4.98 Å². The summed E-state index contributed by atoms with van der Waals surface area (Å²) in [4.78, 5) is 5.04. The Bertz CT molecular complexity index is 462. The van der Waals surface area contributed by atoms with Gasteiger partial charge < -0.3 is 5.73 Å². The molecular weight excluding hydrogens is 251 g/mol. The Hall–Kier alpha value is -0.770. The monoisotopic (exact) mass is 258 g/mol. The van der Waals surface area contributed by atoms with E-state index in [-0.39, 0.29) is 0 Å². The summed E-state index contributed by atoms with van der Waals surface area (Å²) in [5, 5.41) is 1.91. The van der Waals surface area contributed by atoms with Crippen molar-refractivity contribution in [2.75, 3.05) is 5.73 Å². The second-order valence-corrected chi connectivity index (χ2v) is 5.00. The quantitative estimate of drug-likeness (QED) is 0.894. The molecule has 0 radical (unpaired) electrons. The molecule has 0 aliphatic rings. The van der Waals surface area contributed by atoms with Crippen LogP contribution in [0.3, 0.4) is 0 Å². The Kier molecular flexibility index (Phi) is 3.14. The molecule has 2 aromatic rings. The minimum Gasteiger partial charge on any atom is -0.375 e. The van der Waals surface area contributed by atoms with Crippen LogP contribution in [0.4, 0.5) is 5.13 Å². The van der Waals surface area contributed by atoms with E-state index in [4.69, 9.17) is 28.9 Å². The number of hydrogen-bond donors (Lipinski definition) is 1. The minimum absolute atomic E-state index is 0.563. The lowest BCUT2D eigenvalue weighted by Gasteiger charge is -2.04. The van der Waals surface area contributed by atoms with Crippen LogP contribution in [0.1, 0.15) is 10.4 Å². The number of benzene rings is 1. The second kappa shape index (κ2) is 4.39. The first-order valence-electron chi connectivity index (χ1n) is 4.30. The fourth-order valence-electron chi connectivity index (χ4n) is 1.28. The maximum atomic E-state index is 6.05. The third-order valence-corrected chi connectivity index (χ3v) is 3.52. The summed E-state index contributed by atoms with van der Waals surface area (Å²) in [6, 6.07) is 5.48. The topological polar surface area (TPSA) is 38.9 Å². The Morgan fingerprint density at radius 1 is 1.27 bits per heavy atom. The molecule has 1 heterocycles. The van der Waals surface area contributed by atoms with Crippen molar-refractivity contribution >= 4 is 39.7 Å². The third kappa shape index (κ3) is 2.43. The molecule has 0 spiro atoms. The molecule has 0 saturated carbocycles. The van der Waals surface area contributed by atoms with Crippen molar-refractivity contribution in [3.8, 4) is 0 Å². The summed E-state index contributed by atoms with van der Waals surface area (Å²) in [5.74, 6) is 0. The molecule has 2 rings (SSSR count). The van der Waals surface area contributed by atoms with Crippen LogP contribution in [-0.4, -0.2) is 4.98 Å². The number of thiazole rings is 1. The summed E-state index contributed by atoms with van der Waals surface area (Å²) in [5.41, 5.74) is 6.47. The fraction of sp³-hybridized carbons (Fsp3) is 0.100. The number of halogens is 2. The van der Waals surface area contributed by atoms with Crippen molar-refractivity contribution in [2.24, 2.45) is 0 Å². The van der Waals surface area contributed by atoms with Gasteiger partial charge in [0, 0.05) is 27.5 Å². The molecule has 0 aliphatic carbocycles. The van der Waals surface area contributed by atoms with Crippen LogP contribution in [0.2, 0.25) is 10.0 Å². The standard InChI is InChI=1S/C10H8Cl2N2S/c11-8-2-1-3-9(12)7(8)4-6-5-14-10(13)15-6/h1-3,5H,4H2,(H2,13,14). The molecule has 78 valence electrons. The van der Waals surface area contributed by atoms with E-state index >= 15 is 0 Å². The molecule has 5 heteroatoms. The van der Waals surface area contributed by atoms with Gasteiger partial charge in [0.15, 0.2) is 5.13 Å². The Morgan fingerprint density at radius 3 is 2.47 bits per heavy atom. The molecule has 1 aromatic heterocycles. The largest absolute Gasteiger partial charge is 0.375 e. The predicted molar refractivity (Wildman–Crippen MR) is 65.8 cm³/mol. The van der Waals surface area contributed by atoms with Gasteiger partial charge >= 0.3 is 0 Å². The highest BCUT2D eigenvalue weighted by Gasteiger charge is 2.08. The van der Waals surface area contributed by atoms with Crippen LogP contribution in [0.15, 0.2) is 24.4 Å². The Labute approximate surface area is 102 Å². The highest BCUT2D eigenvalue weighted by molar-refractivity contribution is 7.15. The van der Waals surface area contributed by atoms with Crippen LogP contribution in [0, 0.1) is 0 Å². The third-order valence-electron chi connectivity index (χ3n) is 1.98. The van der Waals surface area contributed by atoms with Crippen LogP contribution in [-0.2, 0) is 6.42 Å². The zero-order valence-corrected chi connectivity index (χ0v) is 10.0. The molecule has 0 fully saturated rings. The van der Waals surface area contributed by atoms with Gasteiger partial charge in [0.05, 0.1) is 0 Å². The summed E-state index contributed by atoms with van der Waals surface area (Å²) in [6.07, 6.45) is 2.42. The fourth-order valence-corrected chi connectivity index (χ4v) is 2.51. The van der Waals surface area contributed by atoms with Gasteiger partial charge in [-0.15, -0.1) is 11.3 Å². The second-order valence-electron chi connectivity index (χ2n) is 3.04. The first kappa shape index (κ1) is 10.7. The van der Waals surface area contributed by atoms with Crippen LogP contribution >= 0.6 is 34.5 Å². The number of nitrogens with two attached hydrogens (primary N) is 1. The van der Waals surface area contributed by atoms with Crippen LogP contribution in [0.5, 0.6) is 0 Å². The average Bonchev–Trinajstić information content (AvgIpc) is 2.58. The Balaban J connectivity index is 2.31.